The van der Waals surface area contributed by atoms with Crippen molar-refractivity contribution in [2.75, 3.05) is 0 Å². The topological polar surface area (TPSA) is 48.4 Å². The van der Waals surface area contributed by atoms with Gasteiger partial charge >= 0.3 is 0 Å². The quantitative estimate of drug-likeness (QED) is 0.677. The van der Waals surface area contributed by atoms with E-state index in [0.29, 0.717) is 0 Å². The fraction of sp³-hybridized carbons (Fsp3) is 0. The van der Waals surface area contributed by atoms with Crippen LogP contribution in [0.3, 0.4) is 0 Å². The number of aliphatic imine (C=N–C) groups is 1. The second-order valence-electron chi connectivity index (χ2n) is 4.21. The second kappa shape index (κ2) is 4.90. The van der Waals surface area contributed by atoms with Crippen LogP contribution in [-0.4, -0.2) is 16.3 Å². The summed E-state index contributed by atoms with van der Waals surface area (Å²) in [5.74, 6) is 0.219. The van der Waals surface area contributed by atoms with Gasteiger partial charge in [-0.1, -0.05) is 22.0 Å². The third-order valence-electron chi connectivity index (χ3n) is 2.86. The van der Waals surface area contributed by atoms with Crippen LogP contribution in [-0.2, 0) is 0 Å². The van der Waals surface area contributed by atoms with Gasteiger partial charge in [-0.15, -0.1) is 0 Å². The number of nitrogens with one attached hydrogen (secondary N) is 1. The van der Waals surface area contributed by atoms with E-state index in [1.165, 1.54) is 0 Å². The van der Waals surface area contributed by atoms with Gasteiger partial charge in [-0.05, 0) is 30.3 Å². The molecule has 3 nitrogen and oxygen atoms in total. The Hall–Kier alpha value is -2.07. The lowest BCUT2D eigenvalue weighted by Gasteiger charge is -1.95. The first-order valence-electron chi connectivity index (χ1n) is 5.82. The molecule has 1 heterocycles. The van der Waals surface area contributed by atoms with Gasteiger partial charge < -0.3 is 10.1 Å². The molecule has 2 aromatic carbocycles. The van der Waals surface area contributed by atoms with Crippen molar-refractivity contribution in [2.24, 2.45) is 4.99 Å². The van der Waals surface area contributed by atoms with Crippen molar-refractivity contribution in [3.63, 3.8) is 0 Å². The van der Waals surface area contributed by atoms with Crippen molar-refractivity contribution in [3.05, 3.63) is 58.7 Å². The van der Waals surface area contributed by atoms with E-state index in [1.54, 1.807) is 24.4 Å². The van der Waals surface area contributed by atoms with Crippen LogP contribution < -0.4 is 0 Å². The van der Waals surface area contributed by atoms with Crippen LogP contribution in [0.1, 0.15) is 5.56 Å². The molecule has 0 bridgehead atoms. The first-order valence-corrected chi connectivity index (χ1v) is 6.61. The Balaban J connectivity index is 1.99. The molecule has 0 fully saturated rings. The van der Waals surface area contributed by atoms with Crippen molar-refractivity contribution in [2.45, 2.75) is 0 Å². The average molecular weight is 315 g/mol. The van der Waals surface area contributed by atoms with Crippen molar-refractivity contribution in [3.8, 4) is 5.75 Å². The minimum atomic E-state index is 0.219. The molecule has 2 N–H and O–H groups in total. The van der Waals surface area contributed by atoms with Gasteiger partial charge in [0, 0.05) is 39.4 Å². The number of fused-ring (bicyclic) bond motifs is 1. The van der Waals surface area contributed by atoms with Gasteiger partial charge in [0.15, 0.2) is 0 Å². The van der Waals surface area contributed by atoms with Gasteiger partial charge in [0.2, 0.25) is 0 Å². The predicted octanol–water partition coefficient (Wildman–Crippen LogP) is 4.39. The molecule has 1 aromatic heterocycles. The van der Waals surface area contributed by atoms with Crippen molar-refractivity contribution in [1.29, 1.82) is 0 Å². The molecule has 0 radical (unpaired) electrons. The van der Waals surface area contributed by atoms with Gasteiger partial charge in [0.1, 0.15) is 5.75 Å². The maximum atomic E-state index is 9.39. The number of aromatic amines is 1. The first-order chi connectivity index (χ1) is 9.22. The monoisotopic (exact) mass is 314 g/mol. The van der Waals surface area contributed by atoms with Gasteiger partial charge in [-0.2, -0.15) is 0 Å². The van der Waals surface area contributed by atoms with Crippen LogP contribution in [0.4, 0.5) is 5.69 Å². The van der Waals surface area contributed by atoms with Crippen LogP contribution in [0, 0.1) is 0 Å². The van der Waals surface area contributed by atoms with E-state index >= 15 is 0 Å². The van der Waals surface area contributed by atoms with Crippen molar-refractivity contribution < 1.29 is 5.11 Å². The van der Waals surface area contributed by atoms with Gasteiger partial charge in [-0.3, -0.25) is 4.99 Å². The molecule has 0 saturated carbocycles. The largest absolute Gasteiger partial charge is 0.508 e. The summed E-state index contributed by atoms with van der Waals surface area (Å²) in [6.45, 7) is 0. The first kappa shape index (κ1) is 12.0. The Morgan fingerprint density at radius 3 is 2.89 bits per heavy atom. The maximum Gasteiger partial charge on any atom is 0.117 e. The highest BCUT2D eigenvalue weighted by atomic mass is 79.9. The summed E-state index contributed by atoms with van der Waals surface area (Å²) in [4.78, 5) is 7.57. The molecule has 94 valence electrons. The normalized spacial score (nSPS) is 11.4. The molecule has 0 aliphatic carbocycles. The molecular weight excluding hydrogens is 304 g/mol. The van der Waals surface area contributed by atoms with Crippen molar-refractivity contribution >= 4 is 38.7 Å². The zero-order chi connectivity index (χ0) is 13.2. The number of benzene rings is 2. The van der Waals surface area contributed by atoms with E-state index in [2.05, 4.69) is 32.0 Å². The molecule has 4 heteroatoms. The number of halogens is 1. The SMILES string of the molecule is Oc1cccc(N=Cc2c[nH]c3ccc(Br)cc23)c1. The lowest BCUT2D eigenvalue weighted by Crippen LogP contribution is -1.77. The zero-order valence-electron chi connectivity index (χ0n) is 9.97. The molecule has 19 heavy (non-hydrogen) atoms. The second-order valence-corrected chi connectivity index (χ2v) is 5.13. The van der Waals surface area contributed by atoms with E-state index in [4.69, 9.17) is 0 Å². The van der Waals surface area contributed by atoms with E-state index in [9.17, 15) is 5.11 Å². The Kier molecular flexibility index (Phi) is 3.09. The summed E-state index contributed by atoms with van der Waals surface area (Å²) in [6.07, 6.45) is 3.71. The Morgan fingerprint density at radius 2 is 2.05 bits per heavy atom. The van der Waals surface area contributed by atoms with E-state index in [0.717, 1.165) is 26.6 Å². The molecular formula is C15H11BrN2O. The molecule has 0 aliphatic heterocycles. The number of phenols is 1. The molecule has 0 spiro atoms. The Labute approximate surface area is 118 Å². The predicted molar refractivity (Wildman–Crippen MR) is 81.4 cm³/mol. The molecule has 3 aromatic rings. The summed E-state index contributed by atoms with van der Waals surface area (Å²) in [7, 11) is 0. The van der Waals surface area contributed by atoms with E-state index < -0.39 is 0 Å². The summed E-state index contributed by atoms with van der Waals surface area (Å²) < 4.78 is 1.03. The number of hydrogen-bond donors (Lipinski definition) is 2. The fourth-order valence-corrected chi connectivity index (χ4v) is 2.30. The van der Waals surface area contributed by atoms with E-state index in [1.807, 2.05) is 24.4 Å². The lowest BCUT2D eigenvalue weighted by molar-refractivity contribution is 0.475. The van der Waals surface area contributed by atoms with Crippen LogP contribution in [0.2, 0.25) is 0 Å². The molecule has 0 unspecified atom stereocenters. The zero-order valence-corrected chi connectivity index (χ0v) is 11.6. The molecule has 0 atom stereocenters. The number of hydrogen-bond acceptors (Lipinski definition) is 2. The van der Waals surface area contributed by atoms with Crippen molar-refractivity contribution in [1.82, 2.24) is 4.98 Å². The maximum absolute atomic E-state index is 9.39. The molecule has 0 aliphatic rings. The minimum absolute atomic E-state index is 0.219. The number of aromatic hydroxyl groups is 1. The summed E-state index contributed by atoms with van der Waals surface area (Å²) in [5, 5.41) is 10.5. The summed E-state index contributed by atoms with van der Waals surface area (Å²) in [6, 6.07) is 12.9. The Bertz CT molecular complexity index is 762. The third kappa shape index (κ3) is 2.53. The van der Waals surface area contributed by atoms with Crippen LogP contribution in [0.15, 0.2) is 58.1 Å². The fourth-order valence-electron chi connectivity index (χ4n) is 1.94. The highest BCUT2D eigenvalue weighted by molar-refractivity contribution is 9.10. The standard InChI is InChI=1S/C15H11BrN2O/c16-11-4-5-15-14(6-11)10(9-18-15)8-17-12-2-1-3-13(19)7-12/h1-9,18-19H. The van der Waals surface area contributed by atoms with Crippen LogP contribution in [0.5, 0.6) is 5.75 Å². The number of aromatic nitrogens is 1. The average Bonchev–Trinajstić information content (AvgIpc) is 2.79. The molecule has 3 rings (SSSR count). The smallest absolute Gasteiger partial charge is 0.117 e. The summed E-state index contributed by atoms with van der Waals surface area (Å²) >= 11 is 3.47. The Morgan fingerprint density at radius 1 is 1.16 bits per heavy atom. The van der Waals surface area contributed by atoms with Gasteiger partial charge in [0.25, 0.3) is 0 Å². The number of nitrogens with zero attached hydrogens (tertiary/aromatic N) is 1. The van der Waals surface area contributed by atoms with Gasteiger partial charge in [-0.25, -0.2) is 0 Å². The molecule has 0 saturated heterocycles. The number of rotatable bonds is 2. The minimum Gasteiger partial charge on any atom is -0.508 e. The number of phenolic OH excluding ortho intramolecular Hbond substituents is 1. The number of H-pyrrole nitrogens is 1. The summed E-state index contributed by atoms with van der Waals surface area (Å²) in [5.41, 5.74) is 2.81. The van der Waals surface area contributed by atoms with Crippen LogP contribution in [0.25, 0.3) is 10.9 Å². The lowest BCUT2D eigenvalue weighted by atomic mass is 10.2. The highest BCUT2D eigenvalue weighted by Gasteiger charge is 2.01. The van der Waals surface area contributed by atoms with Crippen LogP contribution >= 0.6 is 15.9 Å². The van der Waals surface area contributed by atoms with Gasteiger partial charge in [0.05, 0.1) is 5.69 Å². The highest BCUT2D eigenvalue weighted by Crippen LogP contribution is 2.23. The molecule has 0 amide bonds. The van der Waals surface area contributed by atoms with E-state index in [-0.39, 0.29) is 5.75 Å². The third-order valence-corrected chi connectivity index (χ3v) is 3.35.